The van der Waals surface area contributed by atoms with E-state index in [2.05, 4.69) is 40.1 Å². The number of fused-ring (bicyclic) bond motifs is 1. The maximum absolute atomic E-state index is 12.2. The van der Waals surface area contributed by atoms with Crippen LogP contribution in [0.5, 0.6) is 11.5 Å². The molecule has 4 rings (SSSR count). The zero-order valence-corrected chi connectivity index (χ0v) is 17.4. The molecule has 1 fully saturated rings. The number of hydrogen-bond acceptors (Lipinski definition) is 5. The zero-order valence-electron chi connectivity index (χ0n) is 17.4. The summed E-state index contributed by atoms with van der Waals surface area (Å²) in [5, 5.41) is 0. The lowest BCUT2D eigenvalue weighted by atomic mass is 9.93. The largest absolute Gasteiger partial charge is 0.493 e. The molecule has 5 nitrogen and oxygen atoms in total. The molecule has 0 N–H and O–H groups in total. The second-order valence-corrected chi connectivity index (χ2v) is 8.49. The summed E-state index contributed by atoms with van der Waals surface area (Å²) in [6.45, 7) is 9.88. The molecule has 154 valence electrons. The van der Waals surface area contributed by atoms with Gasteiger partial charge in [0.2, 0.25) is 0 Å². The molecule has 0 bridgehead atoms. The highest BCUT2D eigenvalue weighted by atomic mass is 16.5. The first kappa shape index (κ1) is 19.8. The number of hydrogen-bond donors (Lipinski definition) is 0. The van der Waals surface area contributed by atoms with E-state index in [0.29, 0.717) is 24.3 Å². The first-order chi connectivity index (χ1) is 14.0. The number of piperazine rings is 1. The molecule has 2 aromatic carbocycles. The predicted molar refractivity (Wildman–Crippen MR) is 115 cm³/mol. The maximum Gasteiger partial charge on any atom is 0.170 e. The molecule has 0 aromatic heterocycles. The third-order valence-electron chi connectivity index (χ3n) is 5.61. The fourth-order valence-corrected chi connectivity index (χ4v) is 4.07. The van der Waals surface area contributed by atoms with Crippen molar-refractivity contribution in [3.8, 4) is 11.5 Å². The normalized spacial score (nSPS) is 18.8. The Hall–Kier alpha value is -2.53. The van der Waals surface area contributed by atoms with Crippen molar-refractivity contribution in [1.82, 2.24) is 4.90 Å². The van der Waals surface area contributed by atoms with Crippen LogP contribution in [-0.4, -0.2) is 55.6 Å². The molecular formula is C24H30N2O3. The summed E-state index contributed by atoms with van der Waals surface area (Å²) < 4.78 is 11.9. The van der Waals surface area contributed by atoms with E-state index in [-0.39, 0.29) is 5.78 Å². The highest BCUT2D eigenvalue weighted by molar-refractivity contribution is 6.00. The van der Waals surface area contributed by atoms with Gasteiger partial charge < -0.3 is 14.4 Å². The predicted octanol–water partition coefficient (Wildman–Crippen LogP) is 4.02. The van der Waals surface area contributed by atoms with Gasteiger partial charge in [0.25, 0.3) is 0 Å². The minimum atomic E-state index is -0.454. The van der Waals surface area contributed by atoms with E-state index >= 15 is 0 Å². The van der Waals surface area contributed by atoms with Gasteiger partial charge in [0, 0.05) is 44.5 Å². The minimum absolute atomic E-state index is 0.137. The molecular weight excluding hydrogens is 364 g/mol. The lowest BCUT2D eigenvalue weighted by molar-refractivity contribution is 0.0618. The fraction of sp³-hybridized carbons (Fsp3) is 0.458. The van der Waals surface area contributed by atoms with Gasteiger partial charge in [-0.15, -0.1) is 0 Å². The quantitative estimate of drug-likeness (QED) is 0.692. The smallest absolute Gasteiger partial charge is 0.170 e. The molecule has 0 amide bonds. The van der Waals surface area contributed by atoms with Crippen LogP contribution in [0.4, 0.5) is 5.69 Å². The van der Waals surface area contributed by atoms with Gasteiger partial charge in [-0.2, -0.15) is 0 Å². The fourth-order valence-electron chi connectivity index (χ4n) is 4.07. The summed E-state index contributed by atoms with van der Waals surface area (Å²) in [5.74, 6) is 1.54. The Morgan fingerprint density at radius 1 is 1.03 bits per heavy atom. The number of Topliss-reactive ketones (excluding diaryl/α,β-unsaturated/α-hetero) is 1. The Balaban J connectivity index is 1.21. The van der Waals surface area contributed by atoms with Crippen LogP contribution in [0, 0.1) is 0 Å². The Labute approximate surface area is 173 Å². The summed E-state index contributed by atoms with van der Waals surface area (Å²) in [6, 6.07) is 16.2. The number of carbonyl (C=O) groups is 1. The summed E-state index contributed by atoms with van der Waals surface area (Å²) >= 11 is 0. The molecule has 2 aromatic rings. The first-order valence-corrected chi connectivity index (χ1v) is 10.5. The van der Waals surface area contributed by atoms with Crippen LogP contribution >= 0.6 is 0 Å². The molecule has 0 unspecified atom stereocenters. The van der Waals surface area contributed by atoms with Gasteiger partial charge in [0.1, 0.15) is 17.1 Å². The Morgan fingerprint density at radius 3 is 2.55 bits per heavy atom. The average molecular weight is 395 g/mol. The molecule has 1 saturated heterocycles. The highest BCUT2D eigenvalue weighted by Gasteiger charge is 2.32. The van der Waals surface area contributed by atoms with Gasteiger partial charge in [0.15, 0.2) is 5.78 Å². The number of ketones is 1. The Morgan fingerprint density at radius 2 is 1.79 bits per heavy atom. The van der Waals surface area contributed by atoms with Crippen LogP contribution in [0.3, 0.4) is 0 Å². The maximum atomic E-state index is 12.2. The van der Waals surface area contributed by atoms with Crippen molar-refractivity contribution in [2.24, 2.45) is 0 Å². The topological polar surface area (TPSA) is 42.0 Å². The third kappa shape index (κ3) is 4.91. The Bertz CT molecular complexity index is 842. The molecule has 0 atom stereocenters. The van der Waals surface area contributed by atoms with E-state index in [9.17, 15) is 4.79 Å². The summed E-state index contributed by atoms with van der Waals surface area (Å²) in [6.07, 6.45) is 1.39. The van der Waals surface area contributed by atoms with Crippen LogP contribution in [0.2, 0.25) is 0 Å². The molecule has 0 aliphatic carbocycles. The number of carbonyl (C=O) groups excluding carboxylic acids is 1. The van der Waals surface area contributed by atoms with Gasteiger partial charge in [-0.1, -0.05) is 18.2 Å². The van der Waals surface area contributed by atoms with E-state index in [1.807, 2.05) is 32.0 Å². The van der Waals surface area contributed by atoms with Crippen molar-refractivity contribution >= 4 is 11.5 Å². The molecule has 5 heteroatoms. The average Bonchev–Trinajstić information content (AvgIpc) is 2.71. The highest BCUT2D eigenvalue weighted by Crippen LogP contribution is 2.35. The summed E-state index contributed by atoms with van der Waals surface area (Å²) in [4.78, 5) is 17.2. The van der Waals surface area contributed by atoms with Crippen LogP contribution < -0.4 is 14.4 Å². The van der Waals surface area contributed by atoms with E-state index in [1.165, 1.54) is 5.69 Å². The number of ether oxygens (including phenoxy) is 2. The summed E-state index contributed by atoms with van der Waals surface area (Å²) in [5.41, 5.74) is 1.52. The number of anilines is 1. The lowest BCUT2D eigenvalue weighted by Crippen LogP contribution is -2.46. The SMILES string of the molecule is CC1(C)CC(=O)c2ccc(OCCCN3CCN(c4ccccc4)CC3)cc2O1. The second kappa shape index (κ2) is 8.46. The van der Waals surface area contributed by atoms with Gasteiger partial charge in [-0.05, 0) is 44.5 Å². The molecule has 2 aliphatic heterocycles. The Kier molecular flexibility index (Phi) is 5.76. The molecule has 0 radical (unpaired) electrons. The van der Waals surface area contributed by atoms with Crippen molar-refractivity contribution in [1.29, 1.82) is 0 Å². The lowest BCUT2D eigenvalue weighted by Gasteiger charge is -2.36. The van der Waals surface area contributed by atoms with Gasteiger partial charge in [-0.3, -0.25) is 9.69 Å². The van der Waals surface area contributed by atoms with E-state index in [1.54, 1.807) is 0 Å². The third-order valence-corrected chi connectivity index (χ3v) is 5.61. The second-order valence-electron chi connectivity index (χ2n) is 8.49. The van der Waals surface area contributed by atoms with E-state index < -0.39 is 5.60 Å². The van der Waals surface area contributed by atoms with Crippen molar-refractivity contribution in [3.63, 3.8) is 0 Å². The molecule has 29 heavy (non-hydrogen) atoms. The van der Waals surface area contributed by atoms with Crippen molar-refractivity contribution in [2.75, 3.05) is 44.2 Å². The van der Waals surface area contributed by atoms with Crippen molar-refractivity contribution < 1.29 is 14.3 Å². The van der Waals surface area contributed by atoms with Crippen LogP contribution in [-0.2, 0) is 0 Å². The van der Waals surface area contributed by atoms with Gasteiger partial charge in [0.05, 0.1) is 18.6 Å². The standard InChI is InChI=1S/C24H30N2O3/c1-24(2)18-22(27)21-10-9-20(17-23(21)29-24)28-16-6-11-25-12-14-26(15-13-25)19-7-4-3-5-8-19/h3-5,7-10,17H,6,11-16,18H2,1-2H3. The zero-order chi connectivity index (χ0) is 20.3. The van der Waals surface area contributed by atoms with Crippen molar-refractivity contribution in [2.45, 2.75) is 32.3 Å². The molecule has 2 aliphatic rings. The molecule has 0 saturated carbocycles. The minimum Gasteiger partial charge on any atom is -0.493 e. The number of rotatable bonds is 6. The molecule has 0 spiro atoms. The van der Waals surface area contributed by atoms with Crippen molar-refractivity contribution in [3.05, 3.63) is 54.1 Å². The van der Waals surface area contributed by atoms with Gasteiger partial charge in [-0.25, -0.2) is 0 Å². The number of nitrogens with zero attached hydrogens (tertiary/aromatic N) is 2. The number of benzene rings is 2. The van der Waals surface area contributed by atoms with Gasteiger partial charge >= 0.3 is 0 Å². The van der Waals surface area contributed by atoms with Crippen LogP contribution in [0.15, 0.2) is 48.5 Å². The molecule has 2 heterocycles. The van der Waals surface area contributed by atoms with Crippen LogP contribution in [0.25, 0.3) is 0 Å². The van der Waals surface area contributed by atoms with Crippen LogP contribution in [0.1, 0.15) is 37.0 Å². The number of para-hydroxylation sites is 1. The monoisotopic (exact) mass is 394 g/mol. The first-order valence-electron chi connectivity index (χ1n) is 10.5. The van der Waals surface area contributed by atoms with E-state index in [4.69, 9.17) is 9.47 Å². The van der Waals surface area contributed by atoms with E-state index in [0.717, 1.165) is 44.9 Å². The summed E-state index contributed by atoms with van der Waals surface area (Å²) in [7, 11) is 0.